The maximum atomic E-state index is 12.7. The number of esters is 1. The van der Waals surface area contributed by atoms with Gasteiger partial charge in [-0.2, -0.15) is 13.9 Å². The van der Waals surface area contributed by atoms with E-state index in [-0.39, 0.29) is 18.8 Å². The van der Waals surface area contributed by atoms with Crippen molar-refractivity contribution in [3.05, 3.63) is 72.6 Å². The van der Waals surface area contributed by atoms with E-state index in [0.29, 0.717) is 24.3 Å². The molecular weight excluding hydrogens is 420 g/mol. The van der Waals surface area contributed by atoms with E-state index in [1.165, 1.54) is 7.11 Å². The third-order valence-electron chi connectivity index (χ3n) is 5.32. The fourth-order valence-electron chi connectivity index (χ4n) is 3.82. The lowest BCUT2D eigenvalue weighted by Crippen LogP contribution is -2.34. The smallest absolute Gasteiger partial charge is 0.345 e. The summed E-state index contributed by atoms with van der Waals surface area (Å²) in [6, 6.07) is 15.9. The fourth-order valence-corrected chi connectivity index (χ4v) is 3.82. The summed E-state index contributed by atoms with van der Waals surface area (Å²) in [5.74, 6) is 0.248. The van der Waals surface area contributed by atoms with E-state index in [9.17, 15) is 13.6 Å². The first-order valence-corrected chi connectivity index (χ1v) is 10.1. The Morgan fingerprint density at radius 2 is 1.84 bits per heavy atom. The van der Waals surface area contributed by atoms with Crippen molar-refractivity contribution in [1.82, 2.24) is 9.78 Å². The molecule has 7 nitrogen and oxygen atoms in total. The van der Waals surface area contributed by atoms with Crippen molar-refractivity contribution in [3.8, 4) is 11.4 Å². The Morgan fingerprint density at radius 1 is 1.12 bits per heavy atom. The number of carbonyl (C=O) groups excluding carboxylic acids is 1. The van der Waals surface area contributed by atoms with E-state index in [2.05, 4.69) is 9.84 Å². The summed E-state index contributed by atoms with van der Waals surface area (Å²) < 4.78 is 42.5. The third kappa shape index (κ3) is 5.05. The van der Waals surface area contributed by atoms with Gasteiger partial charge < -0.3 is 19.1 Å². The standard InChI is InChI=1S/C23H23F2N3O4/c1-30-22(29)16-3-5-17(6-4-16)27-14-21(13-19(27)15-31-23(24)25)32-20-9-7-18(8-10-20)28-12-2-11-26-28/h2-12,19,21,23H,13-15H2,1H3/t19-,21-/m0/s1. The minimum absolute atomic E-state index is 0.130. The van der Waals surface area contributed by atoms with Crippen LogP contribution in [-0.4, -0.2) is 54.8 Å². The fraction of sp³-hybridized carbons (Fsp3) is 0.304. The summed E-state index contributed by atoms with van der Waals surface area (Å²) in [6.45, 7) is -2.47. The molecule has 0 N–H and O–H groups in total. The van der Waals surface area contributed by atoms with E-state index in [1.807, 2.05) is 41.4 Å². The Bertz CT molecular complexity index is 1010. The molecule has 1 fully saturated rings. The van der Waals surface area contributed by atoms with Gasteiger partial charge in [-0.25, -0.2) is 9.48 Å². The highest BCUT2D eigenvalue weighted by Crippen LogP contribution is 2.29. The quantitative estimate of drug-likeness (QED) is 0.492. The van der Waals surface area contributed by atoms with Crippen molar-refractivity contribution in [2.24, 2.45) is 0 Å². The first-order valence-electron chi connectivity index (χ1n) is 10.1. The Morgan fingerprint density at radius 3 is 2.47 bits per heavy atom. The van der Waals surface area contributed by atoms with Crippen molar-refractivity contribution in [1.29, 1.82) is 0 Å². The molecule has 1 aliphatic heterocycles. The first kappa shape index (κ1) is 21.8. The number of rotatable bonds is 8. The van der Waals surface area contributed by atoms with Gasteiger partial charge in [0.15, 0.2) is 0 Å². The van der Waals surface area contributed by atoms with Crippen LogP contribution in [0.25, 0.3) is 5.69 Å². The summed E-state index contributed by atoms with van der Waals surface area (Å²) >= 11 is 0. The van der Waals surface area contributed by atoms with Gasteiger partial charge in [0.2, 0.25) is 0 Å². The van der Waals surface area contributed by atoms with Crippen LogP contribution >= 0.6 is 0 Å². The molecule has 0 amide bonds. The van der Waals surface area contributed by atoms with Gasteiger partial charge in [0.25, 0.3) is 0 Å². The Balaban J connectivity index is 1.46. The number of ether oxygens (including phenoxy) is 3. The molecule has 0 aliphatic carbocycles. The SMILES string of the molecule is COC(=O)c1ccc(N2C[C@@H](Oc3ccc(-n4cccn4)cc3)C[C@H]2COC(F)F)cc1. The van der Waals surface area contributed by atoms with Gasteiger partial charge in [-0.1, -0.05) is 0 Å². The second kappa shape index (κ2) is 9.78. The van der Waals surface area contributed by atoms with Crippen LogP contribution < -0.4 is 9.64 Å². The Hall–Kier alpha value is -3.46. The molecule has 1 aromatic heterocycles. The zero-order valence-corrected chi connectivity index (χ0v) is 17.4. The summed E-state index contributed by atoms with van der Waals surface area (Å²) in [7, 11) is 1.32. The van der Waals surface area contributed by atoms with Gasteiger partial charge >= 0.3 is 12.6 Å². The predicted molar refractivity (Wildman–Crippen MR) is 113 cm³/mol. The van der Waals surface area contributed by atoms with Crippen LogP contribution in [0.15, 0.2) is 67.0 Å². The van der Waals surface area contributed by atoms with Crippen LogP contribution in [0.3, 0.4) is 0 Å². The molecular formula is C23H23F2N3O4. The minimum atomic E-state index is -2.84. The van der Waals surface area contributed by atoms with Crippen molar-refractivity contribution in [2.75, 3.05) is 25.2 Å². The van der Waals surface area contributed by atoms with Crippen LogP contribution in [0.4, 0.5) is 14.5 Å². The second-order valence-corrected chi connectivity index (χ2v) is 7.36. The number of hydrogen-bond donors (Lipinski definition) is 0. The highest BCUT2D eigenvalue weighted by atomic mass is 19.3. The molecule has 2 aromatic carbocycles. The monoisotopic (exact) mass is 443 g/mol. The molecule has 0 saturated carbocycles. The van der Waals surface area contributed by atoms with Gasteiger partial charge in [-0.15, -0.1) is 0 Å². The van der Waals surface area contributed by atoms with Crippen LogP contribution in [0.5, 0.6) is 5.75 Å². The molecule has 0 unspecified atom stereocenters. The topological polar surface area (TPSA) is 65.8 Å². The summed E-state index contributed by atoms with van der Waals surface area (Å²) in [5, 5.41) is 4.20. The average molecular weight is 443 g/mol. The number of nitrogens with zero attached hydrogens (tertiary/aromatic N) is 3. The number of methoxy groups -OCH3 is 1. The predicted octanol–water partition coefficient (Wildman–Crippen LogP) is 3.92. The molecule has 4 rings (SSSR count). The summed E-state index contributed by atoms with van der Waals surface area (Å²) in [5.41, 5.74) is 2.12. The minimum Gasteiger partial charge on any atom is -0.489 e. The Kier molecular flexibility index (Phi) is 6.65. The highest BCUT2D eigenvalue weighted by molar-refractivity contribution is 5.89. The van der Waals surface area contributed by atoms with Gasteiger partial charge in [0, 0.05) is 24.5 Å². The number of hydrogen-bond acceptors (Lipinski definition) is 6. The van der Waals surface area contributed by atoms with Gasteiger partial charge in [0.05, 0.1) is 37.6 Å². The van der Waals surface area contributed by atoms with E-state index < -0.39 is 12.6 Å². The maximum absolute atomic E-state index is 12.7. The number of alkyl halides is 2. The van der Waals surface area contributed by atoms with Gasteiger partial charge in [0.1, 0.15) is 11.9 Å². The van der Waals surface area contributed by atoms with E-state index in [0.717, 1.165) is 11.4 Å². The molecule has 1 saturated heterocycles. The van der Waals surface area contributed by atoms with Crippen molar-refractivity contribution in [2.45, 2.75) is 25.2 Å². The number of halogens is 2. The summed E-state index contributed by atoms with van der Waals surface area (Å²) in [4.78, 5) is 13.6. The lowest BCUT2D eigenvalue weighted by molar-refractivity contribution is -0.131. The first-order chi connectivity index (χ1) is 15.5. The zero-order valence-electron chi connectivity index (χ0n) is 17.4. The number of benzene rings is 2. The molecule has 0 radical (unpaired) electrons. The largest absolute Gasteiger partial charge is 0.489 e. The normalized spacial score (nSPS) is 18.2. The van der Waals surface area contributed by atoms with E-state index >= 15 is 0 Å². The average Bonchev–Trinajstić information content (AvgIpc) is 3.48. The number of aromatic nitrogens is 2. The van der Waals surface area contributed by atoms with Gasteiger partial charge in [-0.05, 0) is 54.6 Å². The third-order valence-corrected chi connectivity index (χ3v) is 5.32. The highest BCUT2D eigenvalue weighted by Gasteiger charge is 2.34. The molecule has 168 valence electrons. The Labute approximate surface area is 184 Å². The molecule has 0 bridgehead atoms. The lowest BCUT2D eigenvalue weighted by Gasteiger charge is -2.26. The van der Waals surface area contributed by atoms with Gasteiger partial charge in [-0.3, -0.25) is 0 Å². The van der Waals surface area contributed by atoms with Crippen LogP contribution in [0.1, 0.15) is 16.8 Å². The molecule has 0 spiro atoms. The molecule has 32 heavy (non-hydrogen) atoms. The van der Waals surface area contributed by atoms with Crippen molar-refractivity contribution >= 4 is 11.7 Å². The van der Waals surface area contributed by atoms with E-state index in [4.69, 9.17) is 9.47 Å². The summed E-state index contributed by atoms with van der Waals surface area (Å²) in [6.07, 6.45) is 3.87. The lowest BCUT2D eigenvalue weighted by atomic mass is 10.1. The molecule has 3 aromatic rings. The second-order valence-electron chi connectivity index (χ2n) is 7.36. The molecule has 1 aliphatic rings. The van der Waals surface area contributed by atoms with Crippen LogP contribution in [0.2, 0.25) is 0 Å². The molecule has 9 heteroatoms. The van der Waals surface area contributed by atoms with Crippen LogP contribution in [0, 0.1) is 0 Å². The van der Waals surface area contributed by atoms with Crippen molar-refractivity contribution < 1.29 is 27.8 Å². The van der Waals surface area contributed by atoms with E-state index in [1.54, 1.807) is 35.1 Å². The zero-order chi connectivity index (χ0) is 22.5. The van der Waals surface area contributed by atoms with Crippen LogP contribution in [-0.2, 0) is 9.47 Å². The molecule has 2 heterocycles. The maximum Gasteiger partial charge on any atom is 0.345 e. The number of anilines is 1. The number of carbonyl (C=O) groups is 1. The van der Waals surface area contributed by atoms with Crippen molar-refractivity contribution in [3.63, 3.8) is 0 Å². The molecule has 2 atom stereocenters.